The highest BCUT2D eigenvalue weighted by molar-refractivity contribution is 8.14. The minimum atomic E-state index is 0.437. The van der Waals surface area contributed by atoms with E-state index in [2.05, 4.69) is 19.2 Å². The molecule has 0 aromatic heterocycles. The number of hydrogen-bond donors (Lipinski definition) is 1. The summed E-state index contributed by atoms with van der Waals surface area (Å²) in [6.07, 6.45) is 8.83. The normalized spacial score (nSPS) is 47.8. The van der Waals surface area contributed by atoms with E-state index in [0.29, 0.717) is 10.8 Å². The van der Waals surface area contributed by atoms with Gasteiger partial charge in [0.15, 0.2) is 5.17 Å². The first-order valence-electron chi connectivity index (χ1n) is 8.11. The lowest BCUT2D eigenvalue weighted by molar-refractivity contribution is -0.00962. The molecule has 0 spiro atoms. The molecule has 0 saturated heterocycles. The van der Waals surface area contributed by atoms with Crippen LogP contribution in [0, 0.1) is 23.7 Å². The maximum atomic E-state index is 4.78. The van der Waals surface area contributed by atoms with Crippen molar-refractivity contribution in [2.24, 2.45) is 28.7 Å². The predicted octanol–water partition coefficient (Wildman–Crippen LogP) is 3.67. The third-order valence-corrected chi connectivity index (χ3v) is 7.28. The lowest BCUT2D eigenvalue weighted by Crippen LogP contribution is -2.59. The average Bonchev–Trinajstić information content (AvgIpc) is 2.74. The van der Waals surface area contributed by atoms with Crippen LogP contribution in [0.2, 0.25) is 0 Å². The molecular weight excluding hydrogens is 252 g/mol. The summed E-state index contributed by atoms with van der Waals surface area (Å²) in [6.45, 7) is 5.67. The van der Waals surface area contributed by atoms with Gasteiger partial charge >= 0.3 is 0 Å². The third kappa shape index (κ3) is 2.22. The van der Waals surface area contributed by atoms with Crippen LogP contribution >= 0.6 is 11.8 Å². The van der Waals surface area contributed by atoms with Gasteiger partial charge in [-0.1, -0.05) is 25.6 Å². The van der Waals surface area contributed by atoms with Crippen LogP contribution in [0.4, 0.5) is 0 Å². The smallest absolute Gasteiger partial charge is 0.157 e. The van der Waals surface area contributed by atoms with Gasteiger partial charge in [0.2, 0.25) is 0 Å². The molecule has 2 nitrogen and oxygen atoms in total. The van der Waals surface area contributed by atoms with Crippen molar-refractivity contribution < 1.29 is 0 Å². The average molecular weight is 278 g/mol. The minimum absolute atomic E-state index is 0.437. The van der Waals surface area contributed by atoms with E-state index in [-0.39, 0.29) is 0 Å². The van der Waals surface area contributed by atoms with Crippen LogP contribution in [0.3, 0.4) is 0 Å². The molecular formula is C16H26N2S. The Morgan fingerprint density at radius 1 is 1.11 bits per heavy atom. The molecule has 1 atom stereocenters. The fraction of sp³-hybridized carbons (Fsp3) is 0.938. The topological polar surface area (TPSA) is 24.4 Å². The molecule has 4 bridgehead atoms. The van der Waals surface area contributed by atoms with Crippen LogP contribution in [-0.2, 0) is 0 Å². The highest BCUT2D eigenvalue weighted by atomic mass is 32.2. The van der Waals surface area contributed by atoms with Crippen LogP contribution in [0.25, 0.3) is 0 Å². The van der Waals surface area contributed by atoms with Gasteiger partial charge in [0.25, 0.3) is 0 Å². The monoisotopic (exact) mass is 278 g/mol. The highest BCUT2D eigenvalue weighted by Gasteiger charge is 2.51. The molecule has 5 aliphatic rings. The first kappa shape index (κ1) is 12.6. The predicted molar refractivity (Wildman–Crippen MR) is 82.6 cm³/mol. The van der Waals surface area contributed by atoms with Crippen molar-refractivity contribution in [3.05, 3.63) is 0 Å². The van der Waals surface area contributed by atoms with E-state index in [1.54, 1.807) is 0 Å². The molecule has 0 aromatic carbocycles. The molecule has 19 heavy (non-hydrogen) atoms. The molecule has 4 fully saturated rings. The molecule has 1 unspecified atom stereocenters. The number of rotatable bonds is 2. The first-order valence-corrected chi connectivity index (χ1v) is 8.99. The van der Waals surface area contributed by atoms with Gasteiger partial charge in [-0.05, 0) is 62.2 Å². The van der Waals surface area contributed by atoms with E-state index in [1.807, 2.05) is 11.8 Å². The van der Waals surface area contributed by atoms with Crippen LogP contribution in [0.15, 0.2) is 4.99 Å². The van der Waals surface area contributed by atoms with Crippen molar-refractivity contribution in [2.75, 3.05) is 6.54 Å². The molecule has 1 heterocycles. The lowest BCUT2D eigenvalue weighted by Gasteiger charge is -2.57. The SMILES string of the molecule is CC(C)C1CN=C(NC23CC4CC(CC(C4)C2)C3)S1. The Labute approximate surface area is 121 Å². The molecule has 0 radical (unpaired) electrons. The zero-order chi connectivity index (χ0) is 13.0. The summed E-state index contributed by atoms with van der Waals surface area (Å²) < 4.78 is 0. The fourth-order valence-electron chi connectivity index (χ4n) is 5.30. The van der Waals surface area contributed by atoms with Crippen LogP contribution in [-0.4, -0.2) is 22.5 Å². The fourth-order valence-corrected chi connectivity index (χ4v) is 6.43. The quantitative estimate of drug-likeness (QED) is 0.833. The maximum Gasteiger partial charge on any atom is 0.157 e. The molecule has 3 heteroatoms. The van der Waals surface area contributed by atoms with Gasteiger partial charge in [-0.25, -0.2) is 0 Å². The summed E-state index contributed by atoms with van der Waals surface area (Å²) in [5, 5.41) is 5.89. The van der Waals surface area contributed by atoms with Gasteiger partial charge in [-0.3, -0.25) is 4.99 Å². The molecule has 0 amide bonds. The Balaban J connectivity index is 1.46. The van der Waals surface area contributed by atoms with Gasteiger partial charge < -0.3 is 5.32 Å². The molecule has 106 valence electrons. The summed E-state index contributed by atoms with van der Waals surface area (Å²) in [5.74, 6) is 3.80. The van der Waals surface area contributed by atoms with Crippen LogP contribution < -0.4 is 5.32 Å². The van der Waals surface area contributed by atoms with Gasteiger partial charge in [-0.2, -0.15) is 0 Å². The second kappa shape index (κ2) is 4.41. The Kier molecular flexibility index (Phi) is 2.91. The van der Waals surface area contributed by atoms with Crippen molar-refractivity contribution >= 4 is 16.9 Å². The number of aliphatic imine (C=N–C) groups is 1. The summed E-state index contributed by atoms with van der Waals surface area (Å²) >= 11 is 2.01. The van der Waals surface area contributed by atoms with Crippen LogP contribution in [0.1, 0.15) is 52.4 Å². The Hall–Kier alpha value is -0.180. The second-order valence-electron chi connectivity index (χ2n) is 7.87. The van der Waals surface area contributed by atoms with E-state index in [1.165, 1.54) is 43.7 Å². The second-order valence-corrected chi connectivity index (χ2v) is 9.10. The first-order chi connectivity index (χ1) is 9.12. The van der Waals surface area contributed by atoms with E-state index in [9.17, 15) is 0 Å². The third-order valence-electron chi connectivity index (χ3n) is 5.83. The van der Waals surface area contributed by atoms with E-state index in [4.69, 9.17) is 4.99 Å². The number of nitrogens with zero attached hydrogens (tertiary/aromatic N) is 1. The zero-order valence-electron chi connectivity index (χ0n) is 12.2. The summed E-state index contributed by atoms with van der Waals surface area (Å²) in [7, 11) is 0. The number of nitrogens with one attached hydrogen (secondary N) is 1. The van der Waals surface area contributed by atoms with Gasteiger partial charge in [0.05, 0.1) is 6.54 Å². The summed E-state index contributed by atoms with van der Waals surface area (Å²) in [5.41, 5.74) is 0.437. The molecule has 1 aliphatic heterocycles. The lowest BCUT2D eigenvalue weighted by atomic mass is 9.53. The van der Waals surface area contributed by atoms with E-state index < -0.39 is 0 Å². The molecule has 4 saturated carbocycles. The zero-order valence-corrected chi connectivity index (χ0v) is 13.0. The standard InChI is InChI=1S/C16H26N2S/c1-10(2)14-9-17-15(19-14)18-16-6-11-3-12(7-16)5-13(4-11)8-16/h10-14H,3-9H2,1-2H3,(H,17,18). The summed E-state index contributed by atoms with van der Waals surface area (Å²) in [6, 6.07) is 0. The van der Waals surface area contributed by atoms with Crippen molar-refractivity contribution in [3.8, 4) is 0 Å². The van der Waals surface area contributed by atoms with Crippen LogP contribution in [0.5, 0.6) is 0 Å². The Morgan fingerprint density at radius 3 is 2.16 bits per heavy atom. The van der Waals surface area contributed by atoms with E-state index >= 15 is 0 Å². The van der Waals surface area contributed by atoms with Gasteiger partial charge in [-0.15, -0.1) is 0 Å². The van der Waals surface area contributed by atoms with E-state index in [0.717, 1.165) is 30.2 Å². The molecule has 5 rings (SSSR count). The van der Waals surface area contributed by atoms with Crippen molar-refractivity contribution in [1.29, 1.82) is 0 Å². The van der Waals surface area contributed by atoms with Gasteiger partial charge in [0, 0.05) is 10.8 Å². The minimum Gasteiger partial charge on any atom is -0.359 e. The molecule has 1 N–H and O–H groups in total. The Bertz CT molecular complexity index is 366. The molecule has 4 aliphatic carbocycles. The largest absolute Gasteiger partial charge is 0.359 e. The number of thioether (sulfide) groups is 1. The Morgan fingerprint density at radius 2 is 1.68 bits per heavy atom. The number of amidine groups is 1. The van der Waals surface area contributed by atoms with Crippen molar-refractivity contribution in [3.63, 3.8) is 0 Å². The molecule has 0 aromatic rings. The van der Waals surface area contributed by atoms with Crippen molar-refractivity contribution in [1.82, 2.24) is 5.32 Å². The van der Waals surface area contributed by atoms with Crippen molar-refractivity contribution in [2.45, 2.75) is 63.2 Å². The maximum absolute atomic E-state index is 4.78. The summed E-state index contributed by atoms with van der Waals surface area (Å²) in [4.78, 5) is 4.78. The van der Waals surface area contributed by atoms with Gasteiger partial charge in [0.1, 0.15) is 0 Å². The number of hydrogen-bond acceptors (Lipinski definition) is 3. The highest BCUT2D eigenvalue weighted by Crippen LogP contribution is 2.55.